The van der Waals surface area contributed by atoms with E-state index in [1.54, 1.807) is 18.3 Å². The summed E-state index contributed by atoms with van der Waals surface area (Å²) in [6, 6.07) is 16.0. The van der Waals surface area contributed by atoms with Gasteiger partial charge in [0.1, 0.15) is 16.4 Å². The van der Waals surface area contributed by atoms with Crippen LogP contribution in [0.25, 0.3) is 22.2 Å². The molecule has 0 fully saturated rings. The number of halogens is 3. The van der Waals surface area contributed by atoms with Crippen molar-refractivity contribution in [2.24, 2.45) is 5.10 Å². The lowest BCUT2D eigenvalue weighted by molar-refractivity contribution is 0.0631. The molecule has 9 nitrogen and oxygen atoms in total. The third-order valence-electron chi connectivity index (χ3n) is 5.61. The molecule has 2 unspecified atom stereocenters. The van der Waals surface area contributed by atoms with Gasteiger partial charge in [0.15, 0.2) is 17.7 Å². The Balaban J connectivity index is 1.45. The highest BCUT2D eigenvalue weighted by Gasteiger charge is 2.29. The molecule has 2 atom stereocenters. The van der Waals surface area contributed by atoms with Crippen LogP contribution in [-0.4, -0.2) is 38.5 Å². The summed E-state index contributed by atoms with van der Waals surface area (Å²) in [6.45, 7) is 1.99. The fraction of sp³-hybridized carbons (Fsp3) is 0.120. The van der Waals surface area contributed by atoms with Crippen LogP contribution in [0.3, 0.4) is 0 Å². The third-order valence-corrected chi connectivity index (χ3v) is 6.64. The predicted octanol–water partition coefficient (Wildman–Crippen LogP) is 5.35. The first-order valence-corrected chi connectivity index (χ1v) is 12.4. The Hall–Kier alpha value is -3.30. The van der Waals surface area contributed by atoms with Crippen molar-refractivity contribution < 1.29 is 14.9 Å². The summed E-state index contributed by atoms with van der Waals surface area (Å²) >= 11 is 16.3. The zero-order chi connectivity index (χ0) is 26.3. The number of anilines is 1. The van der Waals surface area contributed by atoms with Gasteiger partial charge in [-0.15, -0.1) is 0 Å². The van der Waals surface area contributed by atoms with Crippen molar-refractivity contribution in [3.05, 3.63) is 74.9 Å². The number of benzene rings is 2. The summed E-state index contributed by atoms with van der Waals surface area (Å²) in [7, 11) is 0. The zero-order valence-electron chi connectivity index (χ0n) is 19.0. The van der Waals surface area contributed by atoms with Crippen LogP contribution in [-0.2, 0) is 0 Å². The number of ether oxygens (including phenoxy) is 1. The third kappa shape index (κ3) is 5.10. The number of nitriles is 1. The van der Waals surface area contributed by atoms with Crippen molar-refractivity contribution in [1.82, 2.24) is 15.3 Å². The van der Waals surface area contributed by atoms with Gasteiger partial charge in [0.05, 0.1) is 26.9 Å². The molecule has 0 bridgehead atoms. The number of hydrogen-bond acceptors (Lipinski definition) is 9. The normalized spacial score (nSPS) is 17.4. The number of rotatable bonds is 4. The topological polar surface area (TPSA) is 127 Å². The van der Waals surface area contributed by atoms with E-state index in [1.165, 1.54) is 12.1 Å². The van der Waals surface area contributed by atoms with Gasteiger partial charge in [0.25, 0.3) is 0 Å². The number of fused-ring (bicyclic) bond motifs is 1. The number of hydrogen-bond donors (Lipinski definition) is 3. The number of aryl methyl sites for hydroxylation is 1. The van der Waals surface area contributed by atoms with Crippen LogP contribution in [0.1, 0.15) is 5.56 Å². The maximum absolute atomic E-state index is 10.2. The Morgan fingerprint density at radius 3 is 2.54 bits per heavy atom. The van der Waals surface area contributed by atoms with Crippen molar-refractivity contribution in [1.29, 1.82) is 5.26 Å². The number of aliphatic hydroxyl groups is 2. The van der Waals surface area contributed by atoms with Gasteiger partial charge < -0.3 is 14.9 Å². The molecule has 186 valence electrons. The highest BCUT2D eigenvalue weighted by atomic mass is 79.9. The summed E-state index contributed by atoms with van der Waals surface area (Å²) in [4.78, 5) is 9.03. The van der Waals surface area contributed by atoms with Crippen LogP contribution < -0.4 is 15.1 Å². The maximum Gasteiger partial charge on any atom is 0.206 e. The molecule has 1 aliphatic heterocycles. The van der Waals surface area contributed by atoms with E-state index < -0.39 is 12.6 Å². The fourth-order valence-electron chi connectivity index (χ4n) is 3.80. The molecule has 3 heterocycles. The van der Waals surface area contributed by atoms with Crippen LogP contribution in [0.2, 0.25) is 10.0 Å². The Labute approximate surface area is 229 Å². The van der Waals surface area contributed by atoms with E-state index in [1.807, 2.05) is 37.3 Å². The Morgan fingerprint density at radius 2 is 1.86 bits per heavy atom. The number of hydrazone groups is 1. The van der Waals surface area contributed by atoms with E-state index >= 15 is 0 Å². The number of aromatic nitrogens is 2. The summed E-state index contributed by atoms with van der Waals surface area (Å²) in [6.07, 6.45) is -1.03. The Kier molecular flexibility index (Phi) is 7.00. The quantitative estimate of drug-likeness (QED) is 0.268. The van der Waals surface area contributed by atoms with Gasteiger partial charge in [0, 0.05) is 17.1 Å². The first-order valence-electron chi connectivity index (χ1n) is 10.8. The van der Waals surface area contributed by atoms with Gasteiger partial charge in [-0.25, -0.2) is 20.3 Å². The summed E-state index contributed by atoms with van der Waals surface area (Å²) in [5.74, 6) is 0.707. The Bertz CT molecular complexity index is 1570. The van der Waals surface area contributed by atoms with Crippen molar-refractivity contribution in [2.45, 2.75) is 19.5 Å². The molecule has 4 aromatic rings. The molecular weight excluding hydrogens is 583 g/mol. The monoisotopic (exact) mass is 598 g/mol. The number of nitrogens with one attached hydrogen (secondary N) is 1. The molecule has 1 aliphatic rings. The molecule has 0 amide bonds. The van der Waals surface area contributed by atoms with Crippen LogP contribution in [0, 0.1) is 18.3 Å². The first-order chi connectivity index (χ1) is 17.7. The van der Waals surface area contributed by atoms with Gasteiger partial charge in [-0.1, -0.05) is 23.2 Å². The van der Waals surface area contributed by atoms with Crippen LogP contribution in [0.15, 0.2) is 64.4 Å². The van der Waals surface area contributed by atoms with Crippen LogP contribution >= 0.6 is 39.1 Å². The minimum atomic E-state index is -1.40. The van der Waals surface area contributed by atoms with Crippen molar-refractivity contribution in [3.63, 3.8) is 0 Å². The highest BCUT2D eigenvalue weighted by Crippen LogP contribution is 2.41. The second-order valence-electron chi connectivity index (χ2n) is 8.10. The van der Waals surface area contributed by atoms with E-state index in [-0.39, 0.29) is 27.2 Å². The van der Waals surface area contributed by atoms with Gasteiger partial charge >= 0.3 is 0 Å². The van der Waals surface area contributed by atoms with E-state index in [4.69, 9.17) is 38.2 Å². The van der Waals surface area contributed by atoms with Crippen molar-refractivity contribution in [2.75, 3.05) is 5.01 Å². The van der Waals surface area contributed by atoms with Gasteiger partial charge in [-0.2, -0.15) is 10.4 Å². The molecule has 0 radical (unpaired) electrons. The van der Waals surface area contributed by atoms with Gasteiger partial charge in [0.2, 0.25) is 6.35 Å². The SMILES string of the molecule is Cc1cc(-c2ccc(Br)nc2)nc2ccc(Oc3c(Cl)cc(N4N=C(C#N)C(O)NC4O)cc3Cl)cc12. The van der Waals surface area contributed by atoms with Crippen molar-refractivity contribution >= 4 is 61.4 Å². The van der Waals surface area contributed by atoms with E-state index in [0.717, 1.165) is 37.3 Å². The molecule has 2 aromatic carbocycles. The zero-order valence-corrected chi connectivity index (χ0v) is 22.1. The molecule has 3 N–H and O–H groups in total. The van der Waals surface area contributed by atoms with Crippen LogP contribution in [0.5, 0.6) is 11.5 Å². The second kappa shape index (κ2) is 10.2. The molecule has 0 saturated carbocycles. The minimum absolute atomic E-state index is 0.155. The number of pyridine rings is 2. The van der Waals surface area contributed by atoms with Crippen molar-refractivity contribution in [3.8, 4) is 28.8 Å². The molecule has 37 heavy (non-hydrogen) atoms. The van der Waals surface area contributed by atoms with Gasteiger partial charge in [-0.3, -0.25) is 0 Å². The average molecular weight is 600 g/mol. The predicted molar refractivity (Wildman–Crippen MR) is 145 cm³/mol. The molecule has 0 saturated heterocycles. The lowest BCUT2D eigenvalue weighted by Gasteiger charge is -2.32. The van der Waals surface area contributed by atoms with E-state index in [9.17, 15) is 10.2 Å². The number of nitrogens with zero attached hydrogens (tertiary/aromatic N) is 5. The first kappa shape index (κ1) is 25.4. The molecule has 12 heteroatoms. The molecule has 5 rings (SSSR count). The minimum Gasteiger partial charge on any atom is -0.454 e. The molecule has 0 aliphatic carbocycles. The van der Waals surface area contributed by atoms with Crippen LogP contribution in [0.4, 0.5) is 5.69 Å². The Morgan fingerprint density at radius 1 is 1.11 bits per heavy atom. The number of aliphatic hydroxyl groups excluding tert-OH is 2. The lowest BCUT2D eigenvalue weighted by Crippen LogP contribution is -2.55. The lowest BCUT2D eigenvalue weighted by atomic mass is 10.1. The average Bonchev–Trinajstić information content (AvgIpc) is 2.87. The summed E-state index contributed by atoms with van der Waals surface area (Å²) in [5.41, 5.74) is 3.57. The smallest absolute Gasteiger partial charge is 0.206 e. The second-order valence-corrected chi connectivity index (χ2v) is 9.72. The van der Waals surface area contributed by atoms with E-state index in [0.29, 0.717) is 5.75 Å². The highest BCUT2D eigenvalue weighted by molar-refractivity contribution is 9.10. The molecular formula is C25H17BrCl2N6O3. The van der Waals surface area contributed by atoms with E-state index in [2.05, 4.69) is 31.3 Å². The molecule has 0 spiro atoms. The summed E-state index contributed by atoms with van der Waals surface area (Å²) in [5, 5.41) is 37.8. The fourth-order valence-corrected chi connectivity index (χ4v) is 4.59. The summed E-state index contributed by atoms with van der Waals surface area (Å²) < 4.78 is 6.78. The largest absolute Gasteiger partial charge is 0.454 e. The van der Waals surface area contributed by atoms with Gasteiger partial charge in [-0.05, 0) is 76.9 Å². The maximum atomic E-state index is 10.2. The molecule has 2 aromatic heterocycles. The standard InChI is InChI=1S/C25H17BrCl2N6O3/c1-12-6-20(13-2-5-22(26)30-11-13)31-19-4-3-15(9-16(12)19)37-23-17(27)7-14(8-18(23)28)34-25(36)32-24(35)21(10-29)33-34/h2-9,11,24-25,32,35-36H,1H3.